The fourth-order valence-corrected chi connectivity index (χ4v) is 2.07. The zero-order valence-electron chi connectivity index (χ0n) is 9.70. The van der Waals surface area contributed by atoms with Crippen LogP contribution in [0.3, 0.4) is 0 Å². The van der Waals surface area contributed by atoms with E-state index in [1.54, 1.807) is 19.0 Å². The number of nitrogens with zero attached hydrogens (tertiary/aromatic N) is 2. The standard InChI is InChI=1S/C10H16N4OS/c1-6(2)5-14(4)9(15)7-8(11)13-10(12-3)16-7/h1,5,11H2,2-4H3,(H,12,13). The fraction of sp³-hybridized carbons (Fsp3) is 0.400. The van der Waals surface area contributed by atoms with Gasteiger partial charge in [0, 0.05) is 20.6 Å². The molecule has 1 aromatic rings. The van der Waals surface area contributed by atoms with Crippen molar-refractivity contribution >= 4 is 28.2 Å². The molecule has 0 fully saturated rings. The molecule has 1 aromatic heterocycles. The Morgan fingerprint density at radius 1 is 1.69 bits per heavy atom. The Hall–Kier alpha value is -1.56. The van der Waals surface area contributed by atoms with E-state index >= 15 is 0 Å². The molecule has 6 heteroatoms. The molecule has 16 heavy (non-hydrogen) atoms. The van der Waals surface area contributed by atoms with Crippen LogP contribution in [0.1, 0.15) is 16.6 Å². The molecule has 0 spiro atoms. The number of hydrogen-bond donors (Lipinski definition) is 2. The molecule has 3 N–H and O–H groups in total. The summed E-state index contributed by atoms with van der Waals surface area (Å²) in [5.41, 5.74) is 6.60. The molecule has 0 aliphatic rings. The third-order valence-corrected chi connectivity index (χ3v) is 2.99. The van der Waals surface area contributed by atoms with Crippen molar-refractivity contribution in [3.8, 4) is 0 Å². The molecular weight excluding hydrogens is 224 g/mol. The van der Waals surface area contributed by atoms with Gasteiger partial charge in [0.2, 0.25) is 0 Å². The predicted molar refractivity (Wildman–Crippen MR) is 67.8 cm³/mol. The molecule has 1 rings (SSSR count). The Bertz CT molecular complexity index is 413. The average Bonchev–Trinajstić information content (AvgIpc) is 2.57. The van der Waals surface area contributed by atoms with E-state index in [1.807, 2.05) is 6.92 Å². The first-order chi connectivity index (χ1) is 7.45. The van der Waals surface area contributed by atoms with Crippen LogP contribution in [0.5, 0.6) is 0 Å². The predicted octanol–water partition coefficient (Wildman–Crippen LogP) is 1.42. The minimum Gasteiger partial charge on any atom is -0.382 e. The number of carbonyl (C=O) groups is 1. The SMILES string of the molecule is C=C(C)CN(C)C(=O)c1sc(NC)nc1N. The van der Waals surface area contributed by atoms with E-state index in [4.69, 9.17) is 5.73 Å². The number of nitrogens with two attached hydrogens (primary N) is 1. The van der Waals surface area contributed by atoms with Gasteiger partial charge >= 0.3 is 0 Å². The summed E-state index contributed by atoms with van der Waals surface area (Å²) in [6.45, 7) is 6.16. The summed E-state index contributed by atoms with van der Waals surface area (Å²) in [5.74, 6) is 0.146. The third-order valence-electron chi connectivity index (χ3n) is 1.92. The molecule has 0 aromatic carbocycles. The smallest absolute Gasteiger partial charge is 0.267 e. The van der Waals surface area contributed by atoms with E-state index in [1.165, 1.54) is 11.3 Å². The second kappa shape index (κ2) is 4.98. The Kier molecular flexibility index (Phi) is 3.89. The lowest BCUT2D eigenvalue weighted by molar-refractivity contribution is 0.0812. The number of likely N-dealkylation sites (N-methyl/N-ethyl adjacent to an activating group) is 1. The van der Waals surface area contributed by atoms with Crippen LogP contribution < -0.4 is 11.1 Å². The minimum absolute atomic E-state index is 0.125. The Balaban J connectivity index is 2.87. The quantitative estimate of drug-likeness (QED) is 0.781. The minimum atomic E-state index is -0.125. The normalized spacial score (nSPS) is 9.94. The van der Waals surface area contributed by atoms with E-state index in [9.17, 15) is 4.79 Å². The molecule has 0 saturated heterocycles. The van der Waals surface area contributed by atoms with Gasteiger partial charge in [0.15, 0.2) is 5.13 Å². The number of hydrogen-bond acceptors (Lipinski definition) is 5. The van der Waals surface area contributed by atoms with E-state index < -0.39 is 0 Å². The maximum atomic E-state index is 12.0. The number of nitrogen functional groups attached to an aromatic ring is 1. The summed E-state index contributed by atoms with van der Waals surface area (Å²) in [6, 6.07) is 0. The highest BCUT2D eigenvalue weighted by Crippen LogP contribution is 2.25. The van der Waals surface area contributed by atoms with Gasteiger partial charge in [-0.25, -0.2) is 4.98 Å². The van der Waals surface area contributed by atoms with Gasteiger partial charge in [0.05, 0.1) is 0 Å². The van der Waals surface area contributed by atoms with Crippen LogP contribution in [-0.4, -0.2) is 36.4 Å². The lowest BCUT2D eigenvalue weighted by atomic mass is 10.3. The lowest BCUT2D eigenvalue weighted by Crippen LogP contribution is -2.28. The number of nitrogens with one attached hydrogen (secondary N) is 1. The summed E-state index contributed by atoms with van der Waals surface area (Å²) in [4.78, 5) is 18.0. The van der Waals surface area contributed by atoms with Crippen molar-refractivity contribution < 1.29 is 4.79 Å². The number of amides is 1. The van der Waals surface area contributed by atoms with Gasteiger partial charge in [0.25, 0.3) is 5.91 Å². The molecule has 5 nitrogen and oxygen atoms in total. The summed E-state index contributed by atoms with van der Waals surface area (Å²) in [5, 5.41) is 3.50. The molecule has 88 valence electrons. The van der Waals surface area contributed by atoms with Gasteiger partial charge in [-0.05, 0) is 6.92 Å². The average molecular weight is 240 g/mol. The van der Waals surface area contributed by atoms with Crippen molar-refractivity contribution in [2.75, 3.05) is 31.7 Å². The topological polar surface area (TPSA) is 71.2 Å². The van der Waals surface area contributed by atoms with Crippen molar-refractivity contribution in [2.45, 2.75) is 6.92 Å². The molecule has 0 atom stereocenters. The molecule has 0 radical (unpaired) electrons. The fourth-order valence-electron chi connectivity index (χ4n) is 1.24. The number of carbonyl (C=O) groups excluding carboxylic acids is 1. The van der Waals surface area contributed by atoms with Gasteiger partial charge in [0.1, 0.15) is 10.7 Å². The number of thiazole rings is 1. The van der Waals surface area contributed by atoms with Crippen LogP contribution in [0.15, 0.2) is 12.2 Å². The van der Waals surface area contributed by atoms with Crippen LogP contribution in [0.4, 0.5) is 10.9 Å². The van der Waals surface area contributed by atoms with Crippen molar-refractivity contribution in [1.29, 1.82) is 0 Å². The zero-order chi connectivity index (χ0) is 12.3. The summed E-state index contributed by atoms with van der Waals surface area (Å²) >= 11 is 1.25. The van der Waals surface area contributed by atoms with Crippen molar-refractivity contribution in [2.24, 2.45) is 0 Å². The Labute approximate surface area is 99.0 Å². The van der Waals surface area contributed by atoms with Crippen LogP contribution in [0, 0.1) is 0 Å². The summed E-state index contributed by atoms with van der Waals surface area (Å²) in [7, 11) is 3.46. The molecule has 0 aliphatic heterocycles. The molecule has 0 saturated carbocycles. The molecule has 0 unspecified atom stereocenters. The van der Waals surface area contributed by atoms with Crippen LogP contribution in [-0.2, 0) is 0 Å². The molecule has 0 bridgehead atoms. The van der Waals surface area contributed by atoms with Gasteiger partial charge in [-0.15, -0.1) is 0 Å². The highest BCUT2D eigenvalue weighted by Gasteiger charge is 2.19. The van der Waals surface area contributed by atoms with E-state index in [2.05, 4.69) is 16.9 Å². The molecular formula is C10H16N4OS. The molecule has 0 aliphatic carbocycles. The van der Waals surface area contributed by atoms with Crippen LogP contribution in [0.2, 0.25) is 0 Å². The molecule has 1 heterocycles. The second-order valence-corrected chi connectivity index (χ2v) is 4.60. The highest BCUT2D eigenvalue weighted by atomic mass is 32.1. The lowest BCUT2D eigenvalue weighted by Gasteiger charge is -2.15. The highest BCUT2D eigenvalue weighted by molar-refractivity contribution is 7.18. The monoisotopic (exact) mass is 240 g/mol. The van der Waals surface area contributed by atoms with Gasteiger partial charge in [-0.3, -0.25) is 4.79 Å². The Morgan fingerprint density at radius 3 is 2.75 bits per heavy atom. The van der Waals surface area contributed by atoms with E-state index in [0.29, 0.717) is 16.6 Å². The zero-order valence-corrected chi connectivity index (χ0v) is 10.5. The van der Waals surface area contributed by atoms with E-state index in [0.717, 1.165) is 5.57 Å². The van der Waals surface area contributed by atoms with E-state index in [-0.39, 0.29) is 11.7 Å². The molecule has 1 amide bonds. The van der Waals surface area contributed by atoms with Crippen LogP contribution in [0.25, 0.3) is 0 Å². The number of aromatic nitrogens is 1. The van der Waals surface area contributed by atoms with Crippen molar-refractivity contribution in [3.63, 3.8) is 0 Å². The van der Waals surface area contributed by atoms with Gasteiger partial charge in [-0.1, -0.05) is 23.5 Å². The number of rotatable bonds is 4. The third kappa shape index (κ3) is 2.73. The number of anilines is 2. The maximum absolute atomic E-state index is 12.0. The second-order valence-electron chi connectivity index (χ2n) is 3.60. The first kappa shape index (κ1) is 12.5. The largest absolute Gasteiger partial charge is 0.382 e. The van der Waals surface area contributed by atoms with Crippen LogP contribution >= 0.6 is 11.3 Å². The first-order valence-electron chi connectivity index (χ1n) is 4.79. The summed E-state index contributed by atoms with van der Waals surface area (Å²) < 4.78 is 0. The first-order valence-corrected chi connectivity index (χ1v) is 5.61. The summed E-state index contributed by atoms with van der Waals surface area (Å²) in [6.07, 6.45) is 0. The van der Waals surface area contributed by atoms with Crippen molar-refractivity contribution in [3.05, 3.63) is 17.0 Å². The van der Waals surface area contributed by atoms with Gasteiger partial charge < -0.3 is 16.0 Å². The maximum Gasteiger partial charge on any atom is 0.267 e. The Morgan fingerprint density at radius 2 is 2.31 bits per heavy atom. The van der Waals surface area contributed by atoms with Crippen molar-refractivity contribution in [1.82, 2.24) is 9.88 Å². The van der Waals surface area contributed by atoms with Gasteiger partial charge in [-0.2, -0.15) is 0 Å².